The number of anilines is 1. The van der Waals surface area contributed by atoms with Crippen molar-refractivity contribution in [3.05, 3.63) is 28.2 Å². The first-order valence-corrected chi connectivity index (χ1v) is 5.07. The zero-order valence-corrected chi connectivity index (χ0v) is 9.43. The molecule has 0 aliphatic carbocycles. The van der Waals surface area contributed by atoms with Gasteiger partial charge in [0.05, 0.1) is 6.10 Å². The quantitative estimate of drug-likeness (QED) is 0.856. The van der Waals surface area contributed by atoms with Crippen LogP contribution in [-0.2, 0) is 0 Å². The van der Waals surface area contributed by atoms with Gasteiger partial charge in [-0.15, -0.1) is 0 Å². The van der Waals surface area contributed by atoms with Crippen molar-refractivity contribution >= 4 is 21.6 Å². The number of hydrogen-bond acceptors (Lipinski definition) is 2. The molecule has 13 heavy (non-hydrogen) atoms. The predicted octanol–water partition coefficient (Wildman–Crippen LogP) is 2.55. The van der Waals surface area contributed by atoms with Crippen molar-refractivity contribution < 1.29 is 5.11 Å². The molecule has 0 aliphatic heterocycles. The second kappa shape index (κ2) is 4.63. The number of nitrogens with one attached hydrogen (secondary N) is 1. The van der Waals surface area contributed by atoms with E-state index < -0.39 is 0 Å². The minimum atomic E-state index is -0.316. The molecule has 2 nitrogen and oxygen atoms in total. The summed E-state index contributed by atoms with van der Waals surface area (Å²) in [7, 11) is 0. The lowest BCUT2D eigenvalue weighted by Gasteiger charge is -2.09. The topological polar surface area (TPSA) is 32.3 Å². The Bertz CT molecular complexity index is 286. The number of hydrogen-bond donors (Lipinski definition) is 2. The fraction of sp³-hybridized carbons (Fsp3) is 0.400. The van der Waals surface area contributed by atoms with Gasteiger partial charge >= 0.3 is 0 Å². The van der Waals surface area contributed by atoms with Gasteiger partial charge < -0.3 is 10.4 Å². The third-order valence-electron chi connectivity index (χ3n) is 1.76. The average molecular weight is 244 g/mol. The lowest BCUT2D eigenvalue weighted by atomic mass is 10.2. The smallest absolute Gasteiger partial charge is 0.0684 e. The number of rotatable bonds is 3. The Hall–Kier alpha value is -0.540. The molecule has 1 aromatic rings. The largest absolute Gasteiger partial charge is 0.392 e. The summed E-state index contributed by atoms with van der Waals surface area (Å²) in [6.07, 6.45) is -0.316. The summed E-state index contributed by atoms with van der Waals surface area (Å²) in [5, 5.41) is 12.2. The van der Waals surface area contributed by atoms with Crippen LogP contribution in [0.2, 0.25) is 0 Å². The second-order valence-electron chi connectivity index (χ2n) is 3.19. The van der Waals surface area contributed by atoms with E-state index in [0.29, 0.717) is 6.54 Å². The molecular formula is C10H14BrNO. The van der Waals surface area contributed by atoms with Gasteiger partial charge in [0.1, 0.15) is 0 Å². The summed E-state index contributed by atoms with van der Waals surface area (Å²) in [4.78, 5) is 0. The van der Waals surface area contributed by atoms with Crippen molar-refractivity contribution in [2.75, 3.05) is 11.9 Å². The van der Waals surface area contributed by atoms with Gasteiger partial charge in [-0.3, -0.25) is 0 Å². The van der Waals surface area contributed by atoms with Gasteiger partial charge in [-0.1, -0.05) is 15.9 Å². The number of benzene rings is 1. The van der Waals surface area contributed by atoms with Crippen LogP contribution < -0.4 is 5.32 Å². The Labute approximate surface area is 87.1 Å². The maximum Gasteiger partial charge on any atom is 0.0684 e. The first-order chi connectivity index (χ1) is 6.09. The molecule has 0 aliphatic rings. The number of aryl methyl sites for hydroxylation is 1. The highest BCUT2D eigenvalue weighted by molar-refractivity contribution is 9.10. The number of aliphatic hydroxyl groups is 1. The zero-order valence-electron chi connectivity index (χ0n) is 7.84. The van der Waals surface area contributed by atoms with Crippen LogP contribution in [-0.4, -0.2) is 17.8 Å². The van der Waals surface area contributed by atoms with Gasteiger partial charge in [-0.25, -0.2) is 0 Å². The summed E-state index contributed by atoms with van der Waals surface area (Å²) >= 11 is 3.43. The molecule has 1 atom stereocenters. The summed E-state index contributed by atoms with van der Waals surface area (Å²) < 4.78 is 1.11. The second-order valence-corrected chi connectivity index (χ2v) is 4.05. The van der Waals surface area contributed by atoms with Crippen molar-refractivity contribution in [3.8, 4) is 0 Å². The lowest BCUT2D eigenvalue weighted by Crippen LogP contribution is -2.15. The first-order valence-electron chi connectivity index (χ1n) is 4.27. The van der Waals surface area contributed by atoms with Gasteiger partial charge in [0.25, 0.3) is 0 Å². The van der Waals surface area contributed by atoms with E-state index in [1.165, 1.54) is 5.56 Å². The molecule has 0 spiro atoms. The normalized spacial score (nSPS) is 12.6. The van der Waals surface area contributed by atoms with E-state index in [1.807, 2.05) is 25.1 Å². The average Bonchev–Trinajstić information content (AvgIpc) is 2.07. The summed E-state index contributed by atoms with van der Waals surface area (Å²) in [6.45, 7) is 4.39. The maximum atomic E-state index is 9.07. The molecule has 0 aromatic heterocycles. The zero-order chi connectivity index (χ0) is 9.84. The number of halogens is 1. The van der Waals surface area contributed by atoms with E-state index in [0.717, 1.165) is 10.2 Å². The summed E-state index contributed by atoms with van der Waals surface area (Å²) in [6, 6.07) is 6.03. The molecule has 0 saturated carbocycles. The Morgan fingerprint density at radius 1 is 1.54 bits per heavy atom. The van der Waals surface area contributed by atoms with Crippen LogP contribution in [0.4, 0.5) is 5.69 Å². The van der Waals surface area contributed by atoms with E-state index in [4.69, 9.17) is 5.11 Å². The monoisotopic (exact) mass is 243 g/mol. The highest BCUT2D eigenvalue weighted by Gasteiger charge is 1.98. The van der Waals surface area contributed by atoms with Crippen molar-refractivity contribution in [1.82, 2.24) is 0 Å². The van der Waals surface area contributed by atoms with Gasteiger partial charge in [0, 0.05) is 16.7 Å². The molecule has 0 amide bonds. The van der Waals surface area contributed by atoms with Crippen LogP contribution in [0.5, 0.6) is 0 Å². The van der Waals surface area contributed by atoms with Gasteiger partial charge in [-0.2, -0.15) is 0 Å². The summed E-state index contributed by atoms with van der Waals surface area (Å²) in [5.74, 6) is 0. The third kappa shape index (κ3) is 3.36. The highest BCUT2D eigenvalue weighted by Crippen LogP contribution is 2.19. The van der Waals surface area contributed by atoms with Gasteiger partial charge in [0.15, 0.2) is 0 Å². The van der Waals surface area contributed by atoms with E-state index >= 15 is 0 Å². The molecule has 0 heterocycles. The molecule has 72 valence electrons. The molecule has 0 fully saturated rings. The molecule has 1 aromatic carbocycles. The van der Waals surface area contributed by atoms with E-state index in [1.54, 1.807) is 6.92 Å². The molecule has 0 unspecified atom stereocenters. The van der Waals surface area contributed by atoms with E-state index in [9.17, 15) is 0 Å². The third-order valence-corrected chi connectivity index (χ3v) is 2.65. The Balaban J connectivity index is 2.63. The van der Waals surface area contributed by atoms with Crippen molar-refractivity contribution in [1.29, 1.82) is 0 Å². The Kier molecular flexibility index (Phi) is 3.75. The van der Waals surface area contributed by atoms with Gasteiger partial charge in [0.2, 0.25) is 0 Å². The minimum Gasteiger partial charge on any atom is -0.392 e. The van der Waals surface area contributed by atoms with Crippen LogP contribution in [0.1, 0.15) is 12.5 Å². The molecule has 0 bridgehead atoms. The van der Waals surface area contributed by atoms with Crippen molar-refractivity contribution in [2.45, 2.75) is 20.0 Å². The summed E-state index contributed by atoms with van der Waals surface area (Å²) in [5.41, 5.74) is 2.23. The molecule has 0 saturated heterocycles. The van der Waals surface area contributed by atoms with E-state index in [2.05, 4.69) is 21.2 Å². The predicted molar refractivity (Wildman–Crippen MR) is 59.0 cm³/mol. The standard InChI is InChI=1S/C10H14BrNO/c1-7-5-9(3-4-10(7)11)12-6-8(2)13/h3-5,8,12-13H,6H2,1-2H3/t8-/m0/s1. The van der Waals surface area contributed by atoms with Crippen LogP contribution >= 0.6 is 15.9 Å². The fourth-order valence-corrected chi connectivity index (χ4v) is 1.27. The van der Waals surface area contributed by atoms with Crippen LogP contribution in [0.15, 0.2) is 22.7 Å². The highest BCUT2D eigenvalue weighted by atomic mass is 79.9. The lowest BCUT2D eigenvalue weighted by molar-refractivity contribution is 0.208. The van der Waals surface area contributed by atoms with Crippen LogP contribution in [0.3, 0.4) is 0 Å². The SMILES string of the molecule is Cc1cc(NC[C@H](C)O)ccc1Br. The maximum absolute atomic E-state index is 9.07. The van der Waals surface area contributed by atoms with E-state index in [-0.39, 0.29) is 6.10 Å². The molecule has 1 rings (SSSR count). The Morgan fingerprint density at radius 3 is 2.77 bits per heavy atom. The fourth-order valence-electron chi connectivity index (χ4n) is 1.02. The minimum absolute atomic E-state index is 0.316. The van der Waals surface area contributed by atoms with Crippen molar-refractivity contribution in [3.63, 3.8) is 0 Å². The molecule has 2 N–H and O–H groups in total. The van der Waals surface area contributed by atoms with Crippen LogP contribution in [0, 0.1) is 6.92 Å². The number of aliphatic hydroxyl groups excluding tert-OH is 1. The molecular weight excluding hydrogens is 230 g/mol. The molecule has 0 radical (unpaired) electrons. The molecule has 3 heteroatoms. The first kappa shape index (κ1) is 10.5. The van der Waals surface area contributed by atoms with Gasteiger partial charge in [-0.05, 0) is 37.6 Å². The Morgan fingerprint density at radius 2 is 2.23 bits per heavy atom. The van der Waals surface area contributed by atoms with Crippen LogP contribution in [0.25, 0.3) is 0 Å². The van der Waals surface area contributed by atoms with Crippen molar-refractivity contribution in [2.24, 2.45) is 0 Å².